The van der Waals surface area contributed by atoms with Crippen molar-refractivity contribution < 1.29 is 12.9 Å². The molecule has 1 N–H and O–H groups in total. The molecule has 22 heavy (non-hydrogen) atoms. The summed E-state index contributed by atoms with van der Waals surface area (Å²) >= 11 is 0. The van der Waals surface area contributed by atoms with Gasteiger partial charge in [-0.1, -0.05) is 49.3 Å². The van der Waals surface area contributed by atoms with Crippen molar-refractivity contribution in [2.75, 3.05) is 5.75 Å². The van der Waals surface area contributed by atoms with Crippen molar-refractivity contribution in [3.8, 4) is 0 Å². The van der Waals surface area contributed by atoms with Gasteiger partial charge in [-0.2, -0.15) is 4.98 Å². The molecule has 7 heteroatoms. The largest absolute Gasteiger partial charge is 0.340 e. The minimum atomic E-state index is -3.45. The molecule has 0 saturated carbocycles. The first-order valence-electron chi connectivity index (χ1n) is 7.26. The molecule has 0 radical (unpaired) electrons. The molecule has 2 atom stereocenters. The van der Waals surface area contributed by atoms with E-state index < -0.39 is 16.1 Å². The zero-order chi connectivity index (χ0) is 16.2. The molecular weight excluding hydrogens is 302 g/mol. The number of rotatable bonds is 7. The predicted molar refractivity (Wildman–Crippen MR) is 83.8 cm³/mol. The Kier molecular flexibility index (Phi) is 5.31. The van der Waals surface area contributed by atoms with E-state index in [1.54, 1.807) is 6.92 Å². The van der Waals surface area contributed by atoms with Gasteiger partial charge < -0.3 is 4.52 Å². The minimum absolute atomic E-state index is 0.0182. The van der Waals surface area contributed by atoms with Gasteiger partial charge in [0, 0.05) is 6.92 Å². The van der Waals surface area contributed by atoms with Crippen LogP contribution in [0.15, 0.2) is 34.9 Å². The Balaban J connectivity index is 2.06. The summed E-state index contributed by atoms with van der Waals surface area (Å²) in [6.45, 7) is 5.45. The molecule has 120 valence electrons. The van der Waals surface area contributed by atoms with Crippen molar-refractivity contribution in [2.24, 2.45) is 0 Å². The highest BCUT2D eigenvalue weighted by Gasteiger charge is 2.24. The van der Waals surface area contributed by atoms with E-state index in [2.05, 4.69) is 14.9 Å². The van der Waals surface area contributed by atoms with E-state index in [-0.39, 0.29) is 11.7 Å². The summed E-state index contributed by atoms with van der Waals surface area (Å²) in [6.07, 6.45) is 0.553. The number of hydrogen-bond donors (Lipinski definition) is 1. The number of sulfonamides is 1. The molecule has 0 fully saturated rings. The van der Waals surface area contributed by atoms with Gasteiger partial charge >= 0.3 is 0 Å². The summed E-state index contributed by atoms with van der Waals surface area (Å²) in [5.41, 5.74) is 0.997. The van der Waals surface area contributed by atoms with Gasteiger partial charge in [-0.3, -0.25) is 0 Å². The molecule has 0 amide bonds. The van der Waals surface area contributed by atoms with Gasteiger partial charge in [-0.05, 0) is 17.9 Å². The zero-order valence-corrected chi connectivity index (χ0v) is 13.8. The highest BCUT2D eigenvalue weighted by molar-refractivity contribution is 7.89. The molecule has 0 aliphatic carbocycles. The molecule has 1 heterocycles. The van der Waals surface area contributed by atoms with Crippen LogP contribution in [0.2, 0.25) is 0 Å². The van der Waals surface area contributed by atoms with Crippen LogP contribution in [0.1, 0.15) is 49.5 Å². The lowest BCUT2D eigenvalue weighted by molar-refractivity contribution is 0.380. The van der Waals surface area contributed by atoms with Crippen molar-refractivity contribution in [1.29, 1.82) is 0 Å². The minimum Gasteiger partial charge on any atom is -0.340 e. The third-order valence-corrected chi connectivity index (χ3v) is 5.01. The normalized spacial score (nSPS) is 14.7. The number of aryl methyl sites for hydroxylation is 1. The van der Waals surface area contributed by atoms with E-state index in [1.165, 1.54) is 0 Å². The molecule has 6 nitrogen and oxygen atoms in total. The summed E-state index contributed by atoms with van der Waals surface area (Å²) in [6, 6.07) is 9.12. The van der Waals surface area contributed by atoms with Crippen molar-refractivity contribution >= 4 is 10.0 Å². The van der Waals surface area contributed by atoms with Crippen LogP contribution in [0.4, 0.5) is 0 Å². The Morgan fingerprint density at radius 3 is 2.50 bits per heavy atom. The summed E-state index contributed by atoms with van der Waals surface area (Å²) in [5.74, 6) is 0.717. The summed E-state index contributed by atoms with van der Waals surface area (Å²) in [5, 5.41) is 3.80. The monoisotopic (exact) mass is 323 g/mol. The molecule has 0 aliphatic rings. The van der Waals surface area contributed by atoms with E-state index >= 15 is 0 Å². The summed E-state index contributed by atoms with van der Waals surface area (Å²) in [7, 11) is -3.45. The van der Waals surface area contributed by atoms with Crippen LogP contribution in [0, 0.1) is 6.92 Å². The molecule has 0 unspecified atom stereocenters. The molecule has 0 spiro atoms. The first-order chi connectivity index (χ1) is 10.4. The van der Waals surface area contributed by atoms with E-state index in [1.807, 2.05) is 44.2 Å². The summed E-state index contributed by atoms with van der Waals surface area (Å²) in [4.78, 5) is 4.10. The Bertz CT molecular complexity index is 698. The van der Waals surface area contributed by atoms with Gasteiger partial charge in [0.1, 0.15) is 0 Å². The smallest absolute Gasteiger partial charge is 0.223 e. The molecule has 0 saturated heterocycles. The first kappa shape index (κ1) is 16.6. The average molecular weight is 323 g/mol. The van der Waals surface area contributed by atoms with Gasteiger partial charge in [-0.15, -0.1) is 0 Å². The van der Waals surface area contributed by atoms with Crippen LogP contribution in [-0.2, 0) is 10.0 Å². The average Bonchev–Trinajstić information content (AvgIpc) is 2.91. The van der Waals surface area contributed by atoms with Gasteiger partial charge in [0.15, 0.2) is 5.82 Å². The number of nitrogens with zero attached hydrogens (tertiary/aromatic N) is 2. The van der Waals surface area contributed by atoms with Gasteiger partial charge in [-0.25, -0.2) is 13.1 Å². The van der Waals surface area contributed by atoms with Crippen LogP contribution in [0.3, 0.4) is 0 Å². The van der Waals surface area contributed by atoms with Crippen molar-refractivity contribution in [3.05, 3.63) is 47.6 Å². The quantitative estimate of drug-likeness (QED) is 0.846. The maximum absolute atomic E-state index is 12.4. The fourth-order valence-electron chi connectivity index (χ4n) is 2.25. The number of benzene rings is 1. The zero-order valence-electron chi connectivity index (χ0n) is 13.0. The molecule has 1 aromatic heterocycles. The number of nitrogens with one attached hydrogen (secondary N) is 1. The van der Waals surface area contributed by atoms with Crippen LogP contribution >= 0.6 is 0 Å². The van der Waals surface area contributed by atoms with Crippen LogP contribution in [0.5, 0.6) is 0 Å². The third-order valence-electron chi connectivity index (χ3n) is 3.42. The molecule has 0 bridgehead atoms. The second-order valence-electron chi connectivity index (χ2n) is 5.34. The third kappa shape index (κ3) is 4.38. The Morgan fingerprint density at radius 1 is 1.27 bits per heavy atom. The standard InChI is InChI=1S/C15H21N3O3S/c1-4-14(15-16-12(3)21-17-15)18-22(19,20)10-11(2)13-8-6-5-7-9-13/h5-9,11,14,18H,4,10H2,1-3H3/t11-,14+/m1/s1. The second-order valence-corrected chi connectivity index (χ2v) is 7.14. The fraction of sp³-hybridized carbons (Fsp3) is 0.467. The molecule has 1 aromatic carbocycles. The highest BCUT2D eigenvalue weighted by Crippen LogP contribution is 2.19. The number of aromatic nitrogens is 2. The first-order valence-corrected chi connectivity index (χ1v) is 8.91. The SMILES string of the molecule is CC[C@H](NS(=O)(=O)C[C@@H](C)c1ccccc1)c1noc(C)n1. The van der Waals surface area contributed by atoms with Crippen molar-refractivity contribution in [3.63, 3.8) is 0 Å². The Hall–Kier alpha value is -1.73. The van der Waals surface area contributed by atoms with E-state index in [4.69, 9.17) is 4.52 Å². The maximum atomic E-state index is 12.4. The Labute approximate surface area is 131 Å². The lowest BCUT2D eigenvalue weighted by Gasteiger charge is -2.17. The molecule has 2 rings (SSSR count). The Morgan fingerprint density at radius 2 is 1.95 bits per heavy atom. The second kappa shape index (κ2) is 7.02. The predicted octanol–water partition coefficient (Wildman–Crippen LogP) is 2.55. The lowest BCUT2D eigenvalue weighted by atomic mass is 10.0. The topological polar surface area (TPSA) is 85.1 Å². The molecule has 0 aliphatic heterocycles. The van der Waals surface area contributed by atoms with Crippen LogP contribution < -0.4 is 4.72 Å². The summed E-state index contributed by atoms with van der Waals surface area (Å²) < 4.78 is 32.3. The highest BCUT2D eigenvalue weighted by atomic mass is 32.2. The van der Waals surface area contributed by atoms with E-state index in [0.717, 1.165) is 5.56 Å². The fourth-order valence-corrected chi connectivity index (χ4v) is 3.90. The van der Waals surface area contributed by atoms with Crippen molar-refractivity contribution in [1.82, 2.24) is 14.9 Å². The van der Waals surface area contributed by atoms with Gasteiger partial charge in [0.05, 0.1) is 11.8 Å². The van der Waals surface area contributed by atoms with Crippen molar-refractivity contribution in [2.45, 2.75) is 39.2 Å². The van der Waals surface area contributed by atoms with E-state index in [9.17, 15) is 8.42 Å². The van der Waals surface area contributed by atoms with Crippen LogP contribution in [0.25, 0.3) is 0 Å². The maximum Gasteiger partial charge on any atom is 0.223 e. The molecule has 2 aromatic rings. The molecular formula is C15H21N3O3S. The number of hydrogen-bond acceptors (Lipinski definition) is 5. The van der Waals surface area contributed by atoms with Gasteiger partial charge in [0.2, 0.25) is 15.9 Å². The lowest BCUT2D eigenvalue weighted by Crippen LogP contribution is -2.32. The van der Waals surface area contributed by atoms with Crippen LogP contribution in [-0.4, -0.2) is 24.3 Å². The van der Waals surface area contributed by atoms with E-state index in [0.29, 0.717) is 18.1 Å². The van der Waals surface area contributed by atoms with Gasteiger partial charge in [0.25, 0.3) is 0 Å².